The van der Waals surface area contributed by atoms with Crippen molar-refractivity contribution in [1.29, 1.82) is 0 Å². The van der Waals surface area contributed by atoms with Crippen molar-refractivity contribution in [2.24, 2.45) is 5.14 Å². The number of halogens is 1. The normalized spacial score (nSPS) is 12.8. The number of hydrogen-bond acceptors (Lipinski definition) is 9. The van der Waals surface area contributed by atoms with Gasteiger partial charge in [0.15, 0.2) is 16.9 Å². The van der Waals surface area contributed by atoms with Crippen molar-refractivity contribution >= 4 is 54.3 Å². The maximum absolute atomic E-state index is 13.4. The maximum Gasteiger partial charge on any atom is 0.259 e. The molecule has 0 aliphatic heterocycles. The SMILES string of the molecule is Cc1cc([C@@H](C)Oc2ccc(Cl)nc2S(N)(=O)=O)c2oc(-c3ccc4ncsc4n3)c(C)c(=O)c2c1. The fourth-order valence-electron chi connectivity index (χ4n) is 3.94. The van der Waals surface area contributed by atoms with Gasteiger partial charge in [-0.1, -0.05) is 11.6 Å². The van der Waals surface area contributed by atoms with Crippen LogP contribution in [0.15, 0.2) is 56.1 Å². The van der Waals surface area contributed by atoms with Crippen LogP contribution in [0.1, 0.15) is 29.7 Å². The number of benzene rings is 1. The van der Waals surface area contributed by atoms with Gasteiger partial charge in [0.05, 0.1) is 16.4 Å². The predicted molar refractivity (Wildman–Crippen MR) is 138 cm³/mol. The van der Waals surface area contributed by atoms with Gasteiger partial charge in [-0.05, 0) is 62.7 Å². The molecule has 0 amide bonds. The van der Waals surface area contributed by atoms with Crippen molar-refractivity contribution in [3.05, 3.63) is 74.0 Å². The Hall–Kier alpha value is -3.38. The first-order valence-electron chi connectivity index (χ1n) is 10.7. The quantitative estimate of drug-likeness (QED) is 0.309. The van der Waals surface area contributed by atoms with E-state index in [1.165, 1.54) is 23.5 Å². The third-order valence-corrected chi connectivity index (χ3v) is 7.40. The van der Waals surface area contributed by atoms with Gasteiger partial charge >= 0.3 is 0 Å². The fourth-order valence-corrected chi connectivity index (χ4v) is 5.42. The number of primary sulfonamides is 1. The Morgan fingerprint density at radius 1 is 1.14 bits per heavy atom. The fraction of sp³-hybridized carbons (Fsp3) is 0.167. The topological polar surface area (TPSA) is 138 Å². The molecule has 4 aromatic heterocycles. The molecule has 0 radical (unpaired) electrons. The van der Waals surface area contributed by atoms with E-state index in [2.05, 4.69) is 15.0 Å². The highest BCUT2D eigenvalue weighted by atomic mass is 35.5. The highest BCUT2D eigenvalue weighted by Crippen LogP contribution is 2.34. The summed E-state index contributed by atoms with van der Waals surface area (Å²) >= 11 is 7.26. The van der Waals surface area contributed by atoms with E-state index in [4.69, 9.17) is 25.9 Å². The summed E-state index contributed by atoms with van der Waals surface area (Å²) in [6.07, 6.45) is -0.744. The summed E-state index contributed by atoms with van der Waals surface area (Å²) in [6.45, 7) is 5.24. The summed E-state index contributed by atoms with van der Waals surface area (Å²) in [6, 6.07) is 9.91. The molecule has 4 heterocycles. The summed E-state index contributed by atoms with van der Waals surface area (Å²) in [5.41, 5.74) is 4.83. The van der Waals surface area contributed by atoms with Gasteiger partial charge in [-0.25, -0.2) is 28.5 Å². The van der Waals surface area contributed by atoms with Crippen molar-refractivity contribution < 1.29 is 17.6 Å². The highest BCUT2D eigenvalue weighted by Gasteiger charge is 2.24. The Morgan fingerprint density at radius 3 is 2.67 bits per heavy atom. The van der Waals surface area contributed by atoms with Gasteiger partial charge in [0, 0.05) is 11.1 Å². The number of hydrogen-bond donors (Lipinski definition) is 1. The number of thiazole rings is 1. The van der Waals surface area contributed by atoms with Gasteiger partial charge in [0.2, 0.25) is 5.03 Å². The van der Waals surface area contributed by atoms with E-state index in [1.807, 2.05) is 19.1 Å². The second kappa shape index (κ2) is 8.93. The molecule has 5 rings (SSSR count). The van der Waals surface area contributed by atoms with Crippen LogP contribution in [0, 0.1) is 13.8 Å². The molecule has 0 aliphatic rings. The van der Waals surface area contributed by atoms with Crippen molar-refractivity contribution in [1.82, 2.24) is 15.0 Å². The molecule has 0 aliphatic carbocycles. The highest BCUT2D eigenvalue weighted by molar-refractivity contribution is 7.89. The van der Waals surface area contributed by atoms with Crippen molar-refractivity contribution in [3.63, 3.8) is 0 Å². The second-order valence-electron chi connectivity index (χ2n) is 8.23. The van der Waals surface area contributed by atoms with E-state index >= 15 is 0 Å². The average Bonchev–Trinajstić information content (AvgIpc) is 3.29. The molecule has 5 aromatic rings. The van der Waals surface area contributed by atoms with Crippen molar-refractivity contribution in [3.8, 4) is 17.2 Å². The molecular weight excluding hydrogens is 524 g/mol. The van der Waals surface area contributed by atoms with Crippen molar-refractivity contribution in [2.75, 3.05) is 0 Å². The molecule has 2 N–H and O–H groups in total. The molecule has 12 heteroatoms. The summed E-state index contributed by atoms with van der Waals surface area (Å²) in [7, 11) is -4.21. The van der Waals surface area contributed by atoms with Gasteiger partial charge in [0.25, 0.3) is 10.0 Å². The molecule has 9 nitrogen and oxygen atoms in total. The van der Waals surface area contributed by atoms with Crippen molar-refractivity contribution in [2.45, 2.75) is 31.9 Å². The minimum absolute atomic E-state index is 0.0449. The zero-order chi connectivity index (χ0) is 25.8. The molecule has 0 saturated carbocycles. The minimum Gasteiger partial charge on any atom is -0.483 e. The van der Waals surface area contributed by atoms with Crippen LogP contribution in [-0.2, 0) is 10.0 Å². The third-order valence-electron chi connectivity index (χ3n) is 5.62. The molecule has 0 unspecified atom stereocenters. The van der Waals surface area contributed by atoms with Gasteiger partial charge in [-0.15, -0.1) is 11.3 Å². The predicted octanol–water partition coefficient (Wildman–Crippen LogP) is 4.92. The lowest BCUT2D eigenvalue weighted by Crippen LogP contribution is -2.17. The standard InChI is InChI=1S/C24H19ClN4O5S2/c1-11-8-14(13(3)33-18-6-7-19(25)29-24(18)36(26,31)32)22-15(9-11)20(30)12(2)21(34-22)16-4-5-17-23(28-16)35-10-27-17/h4-10,13H,1-3H3,(H2,26,31,32)/t13-/m1/s1. The molecule has 184 valence electrons. The Bertz CT molecular complexity index is 1830. The number of nitrogens with zero attached hydrogens (tertiary/aromatic N) is 3. The molecule has 1 aromatic carbocycles. The van der Waals surface area contributed by atoms with Gasteiger partial charge < -0.3 is 9.15 Å². The van der Waals surface area contributed by atoms with Crippen LogP contribution in [0.2, 0.25) is 5.15 Å². The van der Waals surface area contributed by atoms with E-state index in [0.29, 0.717) is 33.6 Å². The van der Waals surface area contributed by atoms with Gasteiger partial charge in [-0.3, -0.25) is 4.79 Å². The zero-order valence-corrected chi connectivity index (χ0v) is 21.7. The van der Waals surface area contributed by atoms with Crippen LogP contribution in [0.4, 0.5) is 0 Å². The Balaban J connectivity index is 1.68. The second-order valence-corrected chi connectivity index (χ2v) is 10.9. The molecule has 0 fully saturated rings. The van der Waals surface area contributed by atoms with E-state index in [1.54, 1.807) is 31.5 Å². The number of nitrogens with two attached hydrogens (primary N) is 1. The number of sulfonamides is 1. The molecule has 0 saturated heterocycles. The van der Waals surface area contributed by atoms with E-state index < -0.39 is 21.2 Å². The van der Waals surface area contributed by atoms with Crippen LogP contribution in [0.3, 0.4) is 0 Å². The first-order chi connectivity index (χ1) is 17.0. The van der Waals surface area contributed by atoms with Gasteiger partial charge in [-0.2, -0.15) is 0 Å². The number of aromatic nitrogens is 3. The first-order valence-corrected chi connectivity index (χ1v) is 13.5. The molecule has 0 spiro atoms. The van der Waals surface area contributed by atoms with Crippen LogP contribution >= 0.6 is 22.9 Å². The summed E-state index contributed by atoms with van der Waals surface area (Å²) in [5.74, 6) is 0.259. The lowest BCUT2D eigenvalue weighted by Gasteiger charge is -2.19. The molecular formula is C24H19ClN4O5S2. The monoisotopic (exact) mass is 542 g/mol. The molecule has 36 heavy (non-hydrogen) atoms. The Kier molecular flexibility index (Phi) is 6.03. The van der Waals surface area contributed by atoms with E-state index in [9.17, 15) is 13.2 Å². The average molecular weight is 543 g/mol. The lowest BCUT2D eigenvalue weighted by molar-refractivity contribution is 0.219. The largest absolute Gasteiger partial charge is 0.483 e. The first kappa shape index (κ1) is 24.3. The van der Waals surface area contributed by atoms with Crippen LogP contribution in [0.25, 0.3) is 32.8 Å². The van der Waals surface area contributed by atoms with Crippen LogP contribution in [0.5, 0.6) is 5.75 Å². The molecule has 0 bridgehead atoms. The lowest BCUT2D eigenvalue weighted by atomic mass is 10.0. The van der Waals surface area contributed by atoms with Crippen LogP contribution in [-0.4, -0.2) is 23.4 Å². The Labute approximate surface area is 214 Å². The van der Waals surface area contributed by atoms with Crippen LogP contribution < -0.4 is 15.3 Å². The van der Waals surface area contributed by atoms with E-state index in [0.717, 1.165) is 15.9 Å². The smallest absolute Gasteiger partial charge is 0.259 e. The summed E-state index contributed by atoms with van der Waals surface area (Å²) in [5, 5.41) is 5.15. The van der Waals surface area contributed by atoms with Gasteiger partial charge in [0.1, 0.15) is 27.4 Å². The van der Waals surface area contributed by atoms with E-state index in [-0.39, 0.29) is 16.3 Å². The number of aryl methyl sites for hydroxylation is 1. The molecule has 1 atom stereocenters. The number of rotatable bonds is 5. The minimum atomic E-state index is -4.21. The zero-order valence-electron chi connectivity index (χ0n) is 19.3. The number of fused-ring (bicyclic) bond motifs is 2. The third kappa shape index (κ3) is 4.35. The summed E-state index contributed by atoms with van der Waals surface area (Å²) in [4.78, 5) is 26.8. The summed E-state index contributed by atoms with van der Waals surface area (Å²) < 4.78 is 36.4. The Morgan fingerprint density at radius 2 is 1.92 bits per heavy atom. The number of ether oxygens (including phenoxy) is 1. The number of pyridine rings is 2. The maximum atomic E-state index is 13.4.